The monoisotopic (exact) mass is 272 g/mol. The lowest BCUT2D eigenvalue weighted by molar-refractivity contribution is -0.309. The number of carbonyl (C=O) groups is 1. The van der Waals surface area contributed by atoms with E-state index in [-0.39, 0.29) is 4.90 Å². The Morgan fingerprint density at radius 1 is 1.33 bits per heavy atom. The fourth-order valence-corrected chi connectivity index (χ4v) is 2.55. The first-order chi connectivity index (χ1) is 8.24. The highest BCUT2D eigenvalue weighted by Gasteiger charge is 2.24. The van der Waals surface area contributed by atoms with Crippen LogP contribution in [-0.2, 0) is 14.8 Å². The van der Waals surface area contributed by atoms with Crippen LogP contribution in [0.1, 0.15) is 12.5 Å². The Kier molecular flexibility index (Phi) is 4.44. The van der Waals surface area contributed by atoms with Gasteiger partial charge in [0.15, 0.2) is 0 Å². The summed E-state index contributed by atoms with van der Waals surface area (Å²) < 4.78 is 25.6. The molecule has 6 nitrogen and oxygen atoms in total. The Balaban J connectivity index is 3.01. The van der Waals surface area contributed by atoms with Crippen molar-refractivity contribution in [2.24, 2.45) is 0 Å². The third-order valence-corrected chi connectivity index (χ3v) is 3.81. The lowest BCUT2D eigenvalue weighted by atomic mass is 10.2. The van der Waals surface area contributed by atoms with Crippen LogP contribution in [0.15, 0.2) is 29.2 Å². The molecule has 0 radical (unpaired) electrons. The predicted octanol–water partition coefficient (Wildman–Crippen LogP) is -1.23. The van der Waals surface area contributed by atoms with E-state index in [4.69, 9.17) is 0 Å². The summed E-state index contributed by atoms with van der Waals surface area (Å²) in [7, 11) is -4.00. The van der Waals surface area contributed by atoms with Gasteiger partial charge >= 0.3 is 0 Å². The largest absolute Gasteiger partial charge is 0.548 e. The number of aryl methyl sites for hydroxylation is 1. The SMILES string of the molecule is Cc1ccc(S(=O)(=O)N[C@@H](C(=O)[O-])[C@H](C)O)cc1. The van der Waals surface area contributed by atoms with E-state index < -0.39 is 28.1 Å². The smallest absolute Gasteiger partial charge is 0.241 e. The predicted molar refractivity (Wildman–Crippen MR) is 62.0 cm³/mol. The molecule has 0 unspecified atom stereocenters. The highest BCUT2D eigenvalue weighted by molar-refractivity contribution is 7.89. The molecular weight excluding hydrogens is 258 g/mol. The zero-order valence-corrected chi connectivity index (χ0v) is 10.8. The number of carboxylic acids is 1. The molecule has 0 heterocycles. The number of aliphatic carboxylic acids is 1. The number of hydrogen-bond acceptors (Lipinski definition) is 5. The van der Waals surface area contributed by atoms with E-state index in [2.05, 4.69) is 0 Å². The van der Waals surface area contributed by atoms with Gasteiger partial charge in [0.25, 0.3) is 0 Å². The second kappa shape index (κ2) is 5.47. The van der Waals surface area contributed by atoms with Crippen molar-refractivity contribution in [2.75, 3.05) is 0 Å². The number of nitrogens with one attached hydrogen (secondary N) is 1. The maximum Gasteiger partial charge on any atom is 0.241 e. The van der Waals surface area contributed by atoms with Crippen molar-refractivity contribution in [3.8, 4) is 0 Å². The minimum atomic E-state index is -4.00. The minimum absolute atomic E-state index is 0.0694. The minimum Gasteiger partial charge on any atom is -0.548 e. The maximum atomic E-state index is 11.8. The van der Waals surface area contributed by atoms with Crippen LogP contribution in [0.25, 0.3) is 0 Å². The van der Waals surface area contributed by atoms with Gasteiger partial charge in [-0.3, -0.25) is 0 Å². The zero-order chi connectivity index (χ0) is 13.9. The molecule has 1 aromatic rings. The van der Waals surface area contributed by atoms with E-state index in [1.54, 1.807) is 19.1 Å². The van der Waals surface area contributed by atoms with Crippen LogP contribution in [0.3, 0.4) is 0 Å². The highest BCUT2D eigenvalue weighted by Crippen LogP contribution is 2.11. The summed E-state index contributed by atoms with van der Waals surface area (Å²) in [4.78, 5) is 10.6. The lowest BCUT2D eigenvalue weighted by Gasteiger charge is -2.22. The first-order valence-corrected chi connectivity index (χ1v) is 6.70. The Morgan fingerprint density at radius 2 is 1.83 bits per heavy atom. The molecule has 0 amide bonds. The van der Waals surface area contributed by atoms with E-state index in [0.29, 0.717) is 0 Å². The average molecular weight is 272 g/mol. The van der Waals surface area contributed by atoms with Gasteiger partial charge in [-0.05, 0) is 26.0 Å². The van der Waals surface area contributed by atoms with Gasteiger partial charge in [0, 0.05) is 0 Å². The van der Waals surface area contributed by atoms with Crippen molar-refractivity contribution >= 4 is 16.0 Å². The highest BCUT2D eigenvalue weighted by atomic mass is 32.2. The molecule has 0 aromatic heterocycles. The summed E-state index contributed by atoms with van der Waals surface area (Å²) in [5, 5.41) is 19.9. The van der Waals surface area contributed by atoms with Crippen molar-refractivity contribution in [3.05, 3.63) is 29.8 Å². The van der Waals surface area contributed by atoms with E-state index >= 15 is 0 Å². The molecule has 0 aliphatic carbocycles. The van der Waals surface area contributed by atoms with E-state index in [0.717, 1.165) is 12.5 Å². The van der Waals surface area contributed by atoms with Gasteiger partial charge in [0.1, 0.15) is 0 Å². The third-order valence-electron chi connectivity index (χ3n) is 2.35. The number of carbonyl (C=O) groups excluding carboxylic acids is 1. The van der Waals surface area contributed by atoms with Crippen LogP contribution in [0.2, 0.25) is 0 Å². The molecule has 1 aromatic carbocycles. The summed E-state index contributed by atoms with van der Waals surface area (Å²) in [6, 6.07) is 4.20. The molecular formula is C11H14NO5S-. The number of aliphatic hydroxyl groups is 1. The van der Waals surface area contributed by atoms with Crippen molar-refractivity contribution in [1.29, 1.82) is 0 Å². The standard InChI is InChI=1S/C11H15NO5S/c1-7-3-5-9(6-4-7)18(16,17)12-10(8(2)13)11(14)15/h3-6,8,10,12-13H,1-2H3,(H,14,15)/p-1/t8-,10+/m0/s1. The van der Waals surface area contributed by atoms with Crippen LogP contribution in [-0.4, -0.2) is 31.6 Å². The quantitative estimate of drug-likeness (QED) is 0.698. The van der Waals surface area contributed by atoms with Crippen molar-refractivity contribution in [3.63, 3.8) is 0 Å². The zero-order valence-electron chi connectivity index (χ0n) is 9.95. The Bertz CT molecular complexity index is 521. The second-order valence-electron chi connectivity index (χ2n) is 3.97. The molecule has 0 saturated carbocycles. The van der Waals surface area contributed by atoms with Crippen LogP contribution in [0.4, 0.5) is 0 Å². The Hall–Kier alpha value is -1.44. The molecule has 7 heteroatoms. The fourth-order valence-electron chi connectivity index (χ4n) is 1.30. The fraction of sp³-hybridized carbons (Fsp3) is 0.364. The van der Waals surface area contributed by atoms with Gasteiger partial charge in [0.2, 0.25) is 10.0 Å². The van der Waals surface area contributed by atoms with Gasteiger partial charge in [-0.1, -0.05) is 17.7 Å². The molecule has 0 spiro atoms. The summed E-state index contributed by atoms with van der Waals surface area (Å²) in [5.74, 6) is -1.68. The molecule has 0 bridgehead atoms. The van der Waals surface area contributed by atoms with Crippen LogP contribution < -0.4 is 9.83 Å². The van der Waals surface area contributed by atoms with Crippen LogP contribution in [0, 0.1) is 6.92 Å². The van der Waals surface area contributed by atoms with Crippen molar-refractivity contribution < 1.29 is 23.4 Å². The van der Waals surface area contributed by atoms with Gasteiger partial charge in [-0.2, -0.15) is 4.72 Å². The third kappa shape index (κ3) is 3.52. The molecule has 0 saturated heterocycles. The number of aliphatic hydroxyl groups excluding tert-OH is 1. The number of hydrogen-bond donors (Lipinski definition) is 2. The summed E-state index contributed by atoms with van der Waals surface area (Å²) in [5.41, 5.74) is 0.876. The Labute approximate surface area is 105 Å². The van der Waals surface area contributed by atoms with Gasteiger partial charge in [0.05, 0.1) is 23.0 Å². The Morgan fingerprint density at radius 3 is 2.22 bits per heavy atom. The number of carboxylic acid groups (broad SMARTS) is 1. The van der Waals surface area contributed by atoms with Crippen molar-refractivity contribution in [1.82, 2.24) is 4.72 Å². The average Bonchev–Trinajstić information content (AvgIpc) is 2.26. The van der Waals surface area contributed by atoms with E-state index in [9.17, 15) is 23.4 Å². The number of rotatable bonds is 5. The van der Waals surface area contributed by atoms with Gasteiger partial charge < -0.3 is 15.0 Å². The molecule has 2 atom stereocenters. The summed E-state index contributed by atoms with van der Waals surface area (Å²) >= 11 is 0. The molecule has 0 aliphatic heterocycles. The number of sulfonamides is 1. The summed E-state index contributed by atoms with van der Waals surface area (Å²) in [6.07, 6.45) is -1.39. The van der Waals surface area contributed by atoms with Crippen molar-refractivity contribution in [2.45, 2.75) is 30.9 Å². The summed E-state index contributed by atoms with van der Waals surface area (Å²) in [6.45, 7) is 2.96. The van der Waals surface area contributed by atoms with Gasteiger partial charge in [-0.25, -0.2) is 8.42 Å². The first kappa shape index (κ1) is 14.6. The van der Waals surface area contributed by atoms with Crippen LogP contribution in [0.5, 0.6) is 0 Å². The molecule has 0 aliphatic rings. The van der Waals surface area contributed by atoms with E-state index in [1.165, 1.54) is 12.1 Å². The van der Waals surface area contributed by atoms with E-state index in [1.807, 2.05) is 4.72 Å². The maximum absolute atomic E-state index is 11.8. The molecule has 1 rings (SSSR count). The second-order valence-corrected chi connectivity index (χ2v) is 5.69. The first-order valence-electron chi connectivity index (χ1n) is 5.22. The molecule has 2 N–H and O–H groups in total. The molecule has 100 valence electrons. The molecule has 18 heavy (non-hydrogen) atoms. The van der Waals surface area contributed by atoms with Gasteiger partial charge in [-0.15, -0.1) is 0 Å². The topological polar surface area (TPSA) is 107 Å². The number of benzene rings is 1. The normalized spacial score (nSPS) is 15.1. The lowest BCUT2D eigenvalue weighted by Crippen LogP contribution is -2.53. The van der Waals surface area contributed by atoms with Crippen LogP contribution >= 0.6 is 0 Å². The molecule has 0 fully saturated rings.